The monoisotopic (exact) mass is 403 g/mol. The second-order valence-electron chi connectivity index (χ2n) is 8.07. The van der Waals surface area contributed by atoms with E-state index in [9.17, 15) is 9.18 Å². The van der Waals surface area contributed by atoms with Crippen LogP contribution in [-0.4, -0.2) is 44.4 Å². The van der Waals surface area contributed by atoms with Gasteiger partial charge in [0, 0.05) is 31.2 Å². The zero-order valence-electron chi connectivity index (χ0n) is 16.6. The number of benzene rings is 1. The van der Waals surface area contributed by atoms with Crippen LogP contribution in [0.15, 0.2) is 55.0 Å². The van der Waals surface area contributed by atoms with Gasteiger partial charge in [-0.1, -0.05) is 12.1 Å². The number of aryl methyl sites for hydroxylation is 1. The van der Waals surface area contributed by atoms with E-state index in [1.165, 1.54) is 6.07 Å². The molecule has 2 bridgehead atoms. The Kier molecular flexibility index (Phi) is 4.65. The lowest BCUT2D eigenvalue weighted by molar-refractivity contribution is 0.0692. The number of aromatic nitrogens is 3. The van der Waals surface area contributed by atoms with Gasteiger partial charge in [0.05, 0.1) is 17.2 Å². The van der Waals surface area contributed by atoms with Crippen LogP contribution in [0, 0.1) is 18.7 Å². The van der Waals surface area contributed by atoms with Gasteiger partial charge in [-0.3, -0.25) is 4.79 Å². The minimum absolute atomic E-state index is 0.0541. The second kappa shape index (κ2) is 7.48. The van der Waals surface area contributed by atoms with Crippen molar-refractivity contribution >= 4 is 11.7 Å². The van der Waals surface area contributed by atoms with Gasteiger partial charge in [-0.2, -0.15) is 0 Å². The largest absolute Gasteiger partial charge is 0.365 e. The molecular weight excluding hydrogens is 381 g/mol. The van der Waals surface area contributed by atoms with Crippen molar-refractivity contribution in [3.05, 3.63) is 71.9 Å². The molecule has 3 atom stereocenters. The highest BCUT2D eigenvalue weighted by atomic mass is 19.1. The van der Waals surface area contributed by atoms with Gasteiger partial charge >= 0.3 is 0 Å². The highest BCUT2D eigenvalue weighted by Gasteiger charge is 2.47. The lowest BCUT2D eigenvalue weighted by atomic mass is 10.0. The summed E-state index contributed by atoms with van der Waals surface area (Å²) < 4.78 is 14.7. The van der Waals surface area contributed by atoms with E-state index in [0.29, 0.717) is 18.0 Å². The van der Waals surface area contributed by atoms with E-state index < -0.39 is 5.82 Å². The normalized spacial score (nSPS) is 22.3. The lowest BCUT2D eigenvalue weighted by Crippen LogP contribution is -2.47. The summed E-state index contributed by atoms with van der Waals surface area (Å²) in [5.74, 6) is 0.811. The second-order valence-corrected chi connectivity index (χ2v) is 8.07. The van der Waals surface area contributed by atoms with Crippen molar-refractivity contribution < 1.29 is 9.18 Å². The minimum Gasteiger partial charge on any atom is -0.365 e. The number of hydrogen-bond acceptors (Lipinski definition) is 5. The summed E-state index contributed by atoms with van der Waals surface area (Å²) in [6.07, 6.45) is 6.88. The van der Waals surface area contributed by atoms with Crippen molar-refractivity contribution in [2.75, 3.05) is 11.9 Å². The summed E-state index contributed by atoms with van der Waals surface area (Å²) in [6, 6.07) is 10.4. The first kappa shape index (κ1) is 18.7. The first-order valence-corrected chi connectivity index (χ1v) is 10.2. The number of nitrogens with one attached hydrogen (secondary N) is 1. The van der Waals surface area contributed by atoms with Crippen molar-refractivity contribution in [1.82, 2.24) is 19.9 Å². The first-order valence-electron chi connectivity index (χ1n) is 10.2. The molecule has 7 heteroatoms. The topological polar surface area (TPSA) is 71.0 Å². The highest BCUT2D eigenvalue weighted by molar-refractivity contribution is 6.00. The van der Waals surface area contributed by atoms with Crippen molar-refractivity contribution in [1.29, 1.82) is 0 Å². The van der Waals surface area contributed by atoms with Crippen molar-refractivity contribution in [2.24, 2.45) is 5.92 Å². The van der Waals surface area contributed by atoms with E-state index in [0.717, 1.165) is 24.2 Å². The Morgan fingerprint density at radius 1 is 1.10 bits per heavy atom. The zero-order chi connectivity index (χ0) is 20.7. The molecule has 1 saturated heterocycles. The van der Waals surface area contributed by atoms with Gasteiger partial charge in [0.15, 0.2) is 5.82 Å². The summed E-state index contributed by atoms with van der Waals surface area (Å²) in [7, 11) is 0. The third kappa shape index (κ3) is 3.30. The fraction of sp³-hybridized carbons (Fsp3) is 0.304. The average molecular weight is 403 g/mol. The number of amides is 1. The predicted octanol–water partition coefficient (Wildman–Crippen LogP) is 3.70. The molecule has 1 N–H and O–H groups in total. The summed E-state index contributed by atoms with van der Waals surface area (Å²) in [4.78, 5) is 28.1. The molecular formula is C23H22FN5O. The van der Waals surface area contributed by atoms with Crippen molar-refractivity contribution in [3.63, 3.8) is 0 Å². The predicted molar refractivity (Wildman–Crippen MR) is 111 cm³/mol. The van der Waals surface area contributed by atoms with Crippen LogP contribution in [0.25, 0.3) is 11.4 Å². The highest BCUT2D eigenvalue weighted by Crippen LogP contribution is 2.40. The van der Waals surface area contributed by atoms with E-state index in [-0.39, 0.29) is 29.4 Å². The van der Waals surface area contributed by atoms with E-state index >= 15 is 0 Å². The number of anilines is 1. The smallest absolute Gasteiger partial charge is 0.255 e. The number of halogens is 1. The maximum Gasteiger partial charge on any atom is 0.255 e. The molecule has 2 fully saturated rings. The zero-order valence-corrected chi connectivity index (χ0v) is 16.6. The molecule has 30 heavy (non-hydrogen) atoms. The van der Waals surface area contributed by atoms with Crippen LogP contribution in [0.2, 0.25) is 0 Å². The van der Waals surface area contributed by atoms with Crippen molar-refractivity contribution in [3.8, 4) is 11.4 Å². The molecule has 6 nitrogen and oxygen atoms in total. The van der Waals surface area contributed by atoms with Crippen LogP contribution in [0.3, 0.4) is 0 Å². The Labute approximate surface area is 174 Å². The van der Waals surface area contributed by atoms with Gasteiger partial charge in [-0.15, -0.1) is 0 Å². The summed E-state index contributed by atoms with van der Waals surface area (Å²) in [5.41, 5.74) is 1.57. The summed E-state index contributed by atoms with van der Waals surface area (Å²) >= 11 is 0. The molecule has 0 spiro atoms. The number of likely N-dealkylation sites (tertiary alicyclic amines) is 1. The van der Waals surface area contributed by atoms with Crippen LogP contribution in [0.1, 0.15) is 28.8 Å². The molecule has 5 rings (SSSR count). The van der Waals surface area contributed by atoms with Gasteiger partial charge in [0.1, 0.15) is 11.6 Å². The molecule has 3 unspecified atom stereocenters. The number of pyridine rings is 1. The van der Waals surface area contributed by atoms with Gasteiger partial charge in [0.2, 0.25) is 0 Å². The Morgan fingerprint density at radius 2 is 1.93 bits per heavy atom. The number of carbonyl (C=O) groups is 1. The van der Waals surface area contributed by atoms with E-state index in [1.54, 1.807) is 30.6 Å². The SMILES string of the molecule is Cc1ccc(NC2CC3CC2N(C(=O)c2cccc(F)c2-c2ncccn2)C3)nc1. The Morgan fingerprint density at radius 3 is 2.67 bits per heavy atom. The quantitative estimate of drug-likeness (QED) is 0.719. The van der Waals surface area contributed by atoms with E-state index in [1.807, 2.05) is 30.2 Å². The fourth-order valence-corrected chi connectivity index (χ4v) is 4.67. The lowest BCUT2D eigenvalue weighted by Gasteiger charge is -2.34. The number of nitrogens with zero attached hydrogens (tertiary/aromatic N) is 4. The molecule has 3 heterocycles. The third-order valence-electron chi connectivity index (χ3n) is 6.02. The maximum absolute atomic E-state index is 14.7. The molecule has 3 aromatic rings. The number of hydrogen-bond donors (Lipinski definition) is 1. The Hall–Kier alpha value is -3.35. The van der Waals surface area contributed by atoms with Gasteiger partial charge < -0.3 is 10.2 Å². The summed E-state index contributed by atoms with van der Waals surface area (Å²) in [6.45, 7) is 2.69. The molecule has 1 amide bonds. The minimum atomic E-state index is -0.491. The molecule has 2 aromatic heterocycles. The Bertz CT molecular complexity index is 1070. The van der Waals surface area contributed by atoms with Crippen LogP contribution in [0.4, 0.5) is 10.2 Å². The molecule has 1 aliphatic carbocycles. The van der Waals surface area contributed by atoms with Crippen LogP contribution >= 0.6 is 0 Å². The van der Waals surface area contributed by atoms with Gasteiger partial charge in [-0.25, -0.2) is 19.3 Å². The molecule has 1 saturated carbocycles. The van der Waals surface area contributed by atoms with Gasteiger partial charge in [0.25, 0.3) is 5.91 Å². The molecule has 152 valence electrons. The molecule has 0 radical (unpaired) electrons. The first-order chi connectivity index (χ1) is 14.6. The van der Waals surface area contributed by atoms with Crippen LogP contribution in [-0.2, 0) is 0 Å². The van der Waals surface area contributed by atoms with Crippen LogP contribution in [0.5, 0.6) is 0 Å². The molecule has 1 aliphatic heterocycles. The fourth-order valence-electron chi connectivity index (χ4n) is 4.67. The molecule has 2 aliphatic rings. The van der Waals surface area contributed by atoms with Crippen molar-refractivity contribution in [2.45, 2.75) is 31.8 Å². The summed E-state index contributed by atoms with van der Waals surface area (Å²) in [5, 5.41) is 3.49. The van der Waals surface area contributed by atoms with E-state index in [4.69, 9.17) is 0 Å². The van der Waals surface area contributed by atoms with E-state index in [2.05, 4.69) is 20.3 Å². The average Bonchev–Trinajstić information content (AvgIpc) is 3.36. The standard InChI is InChI=1S/C23H22FN5O/c1-14-6-7-20(27-12-14)28-18-10-15-11-19(18)29(13-15)23(30)16-4-2-5-17(24)21(16)22-25-8-3-9-26-22/h2-9,12,15,18-19H,10-11,13H2,1H3,(H,27,28). The Balaban J connectivity index is 1.42. The number of piperidine rings is 1. The number of rotatable bonds is 4. The number of carbonyl (C=O) groups excluding carboxylic acids is 1. The van der Waals surface area contributed by atoms with Crippen LogP contribution < -0.4 is 5.32 Å². The molecule has 1 aromatic carbocycles. The van der Waals surface area contributed by atoms with Gasteiger partial charge in [-0.05, 0) is 55.5 Å². The number of fused-ring (bicyclic) bond motifs is 2. The third-order valence-corrected chi connectivity index (χ3v) is 6.02. The maximum atomic E-state index is 14.7.